The van der Waals surface area contributed by atoms with Gasteiger partial charge in [0.1, 0.15) is 12.4 Å². The first kappa shape index (κ1) is 42.7. The lowest BCUT2D eigenvalue weighted by molar-refractivity contribution is -0.0236. The quantitative estimate of drug-likeness (QED) is 0.0694. The summed E-state index contributed by atoms with van der Waals surface area (Å²) in [7, 11) is 0. The zero-order valence-electron chi connectivity index (χ0n) is 29.5. The van der Waals surface area contributed by atoms with E-state index in [1.54, 1.807) is 0 Å². The highest BCUT2D eigenvalue weighted by Crippen LogP contribution is 2.15. The topological polar surface area (TPSA) is 83.1 Å². The first-order valence-corrected chi connectivity index (χ1v) is 18.2. The number of ether oxygens (including phenoxy) is 9. The third-order valence-corrected chi connectivity index (χ3v) is 7.24. The lowest BCUT2D eigenvalue weighted by atomic mass is 10.0. The van der Waals surface area contributed by atoms with Crippen molar-refractivity contribution < 1.29 is 42.6 Å². The van der Waals surface area contributed by atoms with Crippen LogP contribution in [0.3, 0.4) is 0 Å². The van der Waals surface area contributed by atoms with Crippen LogP contribution < -0.4 is 4.74 Å². The van der Waals surface area contributed by atoms with Crippen molar-refractivity contribution in [3.8, 4) is 5.75 Å². The van der Waals surface area contributed by atoms with Crippen LogP contribution in [0.2, 0.25) is 0 Å². The molecule has 1 aromatic carbocycles. The molecule has 0 unspecified atom stereocenters. The van der Waals surface area contributed by atoms with Crippen LogP contribution in [0.25, 0.3) is 0 Å². The Morgan fingerprint density at radius 3 is 1.07 bits per heavy atom. The van der Waals surface area contributed by atoms with E-state index in [1.165, 1.54) is 69.8 Å². The molecular formula is C37H68O9. The molecule has 0 bridgehead atoms. The molecule has 0 atom stereocenters. The van der Waals surface area contributed by atoms with Crippen molar-refractivity contribution in [1.29, 1.82) is 0 Å². The maximum Gasteiger partial charge on any atom is 0.119 e. The highest BCUT2D eigenvalue weighted by Gasteiger charge is 1.99. The van der Waals surface area contributed by atoms with E-state index in [-0.39, 0.29) is 0 Å². The van der Waals surface area contributed by atoms with Crippen LogP contribution in [0.5, 0.6) is 5.75 Å². The molecule has 0 amide bonds. The van der Waals surface area contributed by atoms with Crippen molar-refractivity contribution in [3.05, 3.63) is 29.8 Å². The van der Waals surface area contributed by atoms with Crippen LogP contribution in [0.15, 0.2) is 24.3 Å². The van der Waals surface area contributed by atoms with E-state index in [0.29, 0.717) is 106 Å². The van der Waals surface area contributed by atoms with Gasteiger partial charge < -0.3 is 42.6 Å². The lowest BCUT2D eigenvalue weighted by Gasteiger charge is -2.09. The number of benzene rings is 1. The molecule has 9 heteroatoms. The largest absolute Gasteiger partial charge is 0.491 e. The summed E-state index contributed by atoms with van der Waals surface area (Å²) in [6.45, 7) is 14.2. The molecule has 0 aliphatic heterocycles. The van der Waals surface area contributed by atoms with Crippen LogP contribution in [-0.4, -0.2) is 112 Å². The van der Waals surface area contributed by atoms with Gasteiger partial charge in [-0.05, 0) is 37.0 Å². The molecule has 1 aromatic rings. The number of aryl methyl sites for hydroxylation is 1. The Morgan fingerprint density at radius 2 is 0.652 bits per heavy atom. The molecule has 0 saturated carbocycles. The van der Waals surface area contributed by atoms with E-state index < -0.39 is 0 Å². The molecular weight excluding hydrogens is 588 g/mol. The molecule has 0 fully saturated rings. The highest BCUT2D eigenvalue weighted by molar-refractivity contribution is 5.27. The predicted molar refractivity (Wildman–Crippen MR) is 184 cm³/mol. The van der Waals surface area contributed by atoms with Gasteiger partial charge in [-0.3, -0.25) is 0 Å². The second-order valence-corrected chi connectivity index (χ2v) is 11.3. The molecule has 0 heterocycles. The van der Waals surface area contributed by atoms with Crippen LogP contribution in [-0.2, 0) is 44.3 Å². The fourth-order valence-electron chi connectivity index (χ4n) is 4.53. The monoisotopic (exact) mass is 656 g/mol. The molecule has 0 N–H and O–H groups in total. The third kappa shape index (κ3) is 31.3. The number of rotatable bonds is 38. The van der Waals surface area contributed by atoms with E-state index in [4.69, 9.17) is 42.6 Å². The Kier molecular flexibility index (Phi) is 33.9. The molecule has 0 aliphatic rings. The Hall–Kier alpha value is -1.30. The van der Waals surface area contributed by atoms with E-state index in [9.17, 15) is 0 Å². The molecule has 46 heavy (non-hydrogen) atoms. The van der Waals surface area contributed by atoms with E-state index in [2.05, 4.69) is 38.1 Å². The number of hydrogen-bond acceptors (Lipinski definition) is 9. The molecule has 0 spiro atoms. The Balaban J connectivity index is 1.70. The van der Waals surface area contributed by atoms with Crippen LogP contribution >= 0.6 is 0 Å². The minimum atomic E-state index is 0.532. The van der Waals surface area contributed by atoms with Crippen molar-refractivity contribution in [3.63, 3.8) is 0 Å². The van der Waals surface area contributed by atoms with Crippen molar-refractivity contribution in [2.24, 2.45) is 0 Å². The van der Waals surface area contributed by atoms with Crippen molar-refractivity contribution in [2.75, 3.05) is 112 Å². The third-order valence-electron chi connectivity index (χ3n) is 7.24. The second kappa shape index (κ2) is 36.5. The zero-order chi connectivity index (χ0) is 32.9. The first-order chi connectivity index (χ1) is 22.9. The summed E-state index contributed by atoms with van der Waals surface area (Å²) < 4.78 is 50.0. The first-order valence-electron chi connectivity index (χ1n) is 18.2. The summed E-state index contributed by atoms with van der Waals surface area (Å²) in [5, 5.41) is 0. The zero-order valence-corrected chi connectivity index (χ0v) is 29.5. The van der Waals surface area contributed by atoms with Crippen LogP contribution in [0.4, 0.5) is 0 Å². The van der Waals surface area contributed by atoms with Gasteiger partial charge in [0.25, 0.3) is 0 Å². The Labute approximate surface area is 281 Å². The van der Waals surface area contributed by atoms with Crippen LogP contribution in [0, 0.1) is 0 Å². The SMILES string of the molecule is CCCCCCCCc1ccc(OCCOCCOCCOCCOCCOCCOCCOCCOCCCCCCC)cc1. The summed E-state index contributed by atoms with van der Waals surface area (Å²) >= 11 is 0. The molecule has 0 aromatic heterocycles. The van der Waals surface area contributed by atoms with Crippen molar-refractivity contribution in [2.45, 2.75) is 90.9 Å². The summed E-state index contributed by atoms with van der Waals surface area (Å²) in [4.78, 5) is 0. The summed E-state index contributed by atoms with van der Waals surface area (Å²) in [6.07, 6.45) is 15.4. The maximum absolute atomic E-state index is 5.77. The lowest BCUT2D eigenvalue weighted by Crippen LogP contribution is -2.15. The second-order valence-electron chi connectivity index (χ2n) is 11.3. The average molecular weight is 657 g/mol. The van der Waals surface area contributed by atoms with Gasteiger partial charge in [-0.1, -0.05) is 83.8 Å². The van der Waals surface area contributed by atoms with Gasteiger partial charge in [0.2, 0.25) is 0 Å². The molecule has 1 rings (SSSR count). The van der Waals surface area contributed by atoms with Gasteiger partial charge >= 0.3 is 0 Å². The molecule has 270 valence electrons. The van der Waals surface area contributed by atoms with E-state index >= 15 is 0 Å². The predicted octanol–water partition coefficient (Wildman–Crippen LogP) is 7.07. The van der Waals surface area contributed by atoms with Crippen molar-refractivity contribution >= 4 is 0 Å². The minimum absolute atomic E-state index is 0.532. The fourth-order valence-corrected chi connectivity index (χ4v) is 4.53. The standard InChI is InChI=1S/C37H68O9/c1-3-5-7-9-10-12-14-36-15-17-37(18-16-36)46-35-34-45-33-32-44-31-30-43-29-28-42-27-26-41-25-24-40-23-22-39-21-20-38-19-13-11-8-6-4-2/h15-18H,3-14,19-35H2,1-2H3. The Morgan fingerprint density at radius 1 is 0.326 bits per heavy atom. The molecule has 9 nitrogen and oxygen atoms in total. The van der Waals surface area contributed by atoms with Gasteiger partial charge in [-0.2, -0.15) is 0 Å². The molecule has 0 radical (unpaired) electrons. The normalized spacial score (nSPS) is 11.4. The van der Waals surface area contributed by atoms with E-state index in [1.807, 2.05) is 0 Å². The fraction of sp³-hybridized carbons (Fsp3) is 0.838. The van der Waals surface area contributed by atoms with E-state index in [0.717, 1.165) is 25.2 Å². The minimum Gasteiger partial charge on any atom is -0.491 e. The summed E-state index contributed by atoms with van der Waals surface area (Å²) in [5.41, 5.74) is 1.38. The Bertz CT molecular complexity index is 705. The van der Waals surface area contributed by atoms with Gasteiger partial charge in [-0.25, -0.2) is 0 Å². The summed E-state index contributed by atoms with van der Waals surface area (Å²) in [6, 6.07) is 8.45. The number of unbranched alkanes of at least 4 members (excludes halogenated alkanes) is 9. The smallest absolute Gasteiger partial charge is 0.119 e. The van der Waals surface area contributed by atoms with Crippen LogP contribution in [0.1, 0.15) is 90.0 Å². The van der Waals surface area contributed by atoms with Gasteiger partial charge in [0, 0.05) is 6.61 Å². The highest BCUT2D eigenvalue weighted by atomic mass is 16.6. The summed E-state index contributed by atoms with van der Waals surface area (Å²) in [5.74, 6) is 0.891. The number of hydrogen-bond donors (Lipinski definition) is 0. The molecule has 0 aliphatic carbocycles. The van der Waals surface area contributed by atoms with Gasteiger partial charge in [0.15, 0.2) is 0 Å². The van der Waals surface area contributed by atoms with Gasteiger partial charge in [0.05, 0.1) is 99.1 Å². The average Bonchev–Trinajstić information content (AvgIpc) is 3.08. The molecule has 0 saturated heterocycles. The van der Waals surface area contributed by atoms with Crippen molar-refractivity contribution in [1.82, 2.24) is 0 Å². The van der Waals surface area contributed by atoms with Gasteiger partial charge in [-0.15, -0.1) is 0 Å². The maximum atomic E-state index is 5.77.